The summed E-state index contributed by atoms with van der Waals surface area (Å²) in [5.74, 6) is -0.648. The number of aryl methyl sites for hydroxylation is 1. The Morgan fingerprint density at radius 2 is 2.11 bits per heavy atom. The van der Waals surface area contributed by atoms with Crippen molar-refractivity contribution in [1.82, 2.24) is 9.78 Å². The molecule has 0 spiro atoms. The third kappa shape index (κ3) is 3.60. The molecule has 3 aromatic rings. The van der Waals surface area contributed by atoms with Crippen LogP contribution in [0.1, 0.15) is 16.7 Å². The smallest absolute Gasteiger partial charge is 0.239 e. The van der Waals surface area contributed by atoms with Gasteiger partial charge in [-0.3, -0.25) is 4.79 Å². The second kappa shape index (κ2) is 7.15. The molecule has 1 unspecified atom stereocenters. The van der Waals surface area contributed by atoms with E-state index in [9.17, 15) is 13.6 Å². The molecule has 1 atom stereocenters. The van der Waals surface area contributed by atoms with Gasteiger partial charge in [0.25, 0.3) is 0 Å². The molecular formula is C20H17F2N3OS. The first kappa shape index (κ1) is 17.7. The van der Waals surface area contributed by atoms with Gasteiger partial charge in [-0.1, -0.05) is 18.2 Å². The molecule has 1 aliphatic heterocycles. The average molecular weight is 385 g/mol. The largest absolute Gasteiger partial charge is 0.310 e. The second-order valence-electron chi connectivity index (χ2n) is 6.48. The number of nitrogens with one attached hydrogen (secondary N) is 1. The normalized spacial score (nSPS) is 15.6. The van der Waals surface area contributed by atoms with E-state index in [1.807, 2.05) is 31.2 Å². The van der Waals surface area contributed by atoms with Crippen molar-refractivity contribution in [3.8, 4) is 0 Å². The molecule has 1 amide bonds. The number of carbonyl (C=O) groups is 1. The van der Waals surface area contributed by atoms with Crippen LogP contribution in [0, 0.1) is 18.6 Å². The highest BCUT2D eigenvalue weighted by Gasteiger charge is 2.29. The molecule has 27 heavy (non-hydrogen) atoms. The Morgan fingerprint density at radius 1 is 1.30 bits per heavy atom. The number of hydrogen-bond acceptors (Lipinski definition) is 3. The summed E-state index contributed by atoms with van der Waals surface area (Å²) in [5, 5.41) is 6.90. The van der Waals surface area contributed by atoms with Crippen LogP contribution in [0.4, 0.5) is 14.6 Å². The summed E-state index contributed by atoms with van der Waals surface area (Å²) < 4.78 is 28.9. The zero-order chi connectivity index (χ0) is 19.0. The number of carbonyl (C=O) groups excluding carboxylic acids is 1. The van der Waals surface area contributed by atoms with E-state index in [-0.39, 0.29) is 23.3 Å². The summed E-state index contributed by atoms with van der Waals surface area (Å²) in [6, 6.07) is 11.3. The minimum absolute atomic E-state index is 0.0328. The first-order chi connectivity index (χ1) is 13.0. The monoisotopic (exact) mass is 385 g/mol. The van der Waals surface area contributed by atoms with Gasteiger partial charge in [0.05, 0.1) is 18.0 Å². The van der Waals surface area contributed by atoms with Crippen molar-refractivity contribution < 1.29 is 13.6 Å². The lowest BCUT2D eigenvalue weighted by molar-refractivity contribution is -0.115. The highest BCUT2D eigenvalue weighted by atomic mass is 32.2. The number of hydrogen-bond donors (Lipinski definition) is 1. The van der Waals surface area contributed by atoms with Crippen LogP contribution in [0.25, 0.3) is 0 Å². The standard InChI is InChI=1S/C20H17F2N3OS/c1-12-10-23-25(11-14-8-15(21)6-7-16(14)22)19(12)24-20(26)18-9-13-4-2-3-5-17(13)27-18/h2-8,10,18H,9,11H2,1H3,(H,24,26). The molecule has 138 valence electrons. The summed E-state index contributed by atoms with van der Waals surface area (Å²) in [6.07, 6.45) is 2.27. The van der Waals surface area contributed by atoms with E-state index in [0.29, 0.717) is 12.2 Å². The molecule has 0 fully saturated rings. The van der Waals surface area contributed by atoms with Crippen LogP contribution in [0.3, 0.4) is 0 Å². The molecule has 0 bridgehead atoms. The molecule has 4 nitrogen and oxygen atoms in total. The minimum Gasteiger partial charge on any atom is -0.310 e. The number of benzene rings is 2. The Morgan fingerprint density at radius 3 is 2.93 bits per heavy atom. The molecule has 1 aliphatic rings. The third-order valence-corrected chi connectivity index (χ3v) is 5.85. The molecule has 2 aromatic carbocycles. The lowest BCUT2D eigenvalue weighted by Gasteiger charge is -2.13. The summed E-state index contributed by atoms with van der Waals surface area (Å²) >= 11 is 1.53. The minimum atomic E-state index is -0.513. The van der Waals surface area contributed by atoms with Crippen molar-refractivity contribution in [2.45, 2.75) is 30.0 Å². The topological polar surface area (TPSA) is 46.9 Å². The van der Waals surface area contributed by atoms with E-state index in [2.05, 4.69) is 10.4 Å². The lowest BCUT2D eigenvalue weighted by Crippen LogP contribution is -2.26. The van der Waals surface area contributed by atoms with Crippen molar-refractivity contribution in [3.05, 3.63) is 77.0 Å². The number of amides is 1. The maximum absolute atomic E-state index is 14.0. The van der Waals surface area contributed by atoms with Crippen molar-refractivity contribution in [2.75, 3.05) is 5.32 Å². The van der Waals surface area contributed by atoms with E-state index >= 15 is 0 Å². The van der Waals surface area contributed by atoms with Crippen LogP contribution in [-0.2, 0) is 17.8 Å². The SMILES string of the molecule is Cc1cnn(Cc2cc(F)ccc2F)c1NC(=O)C1Cc2ccccc2S1. The first-order valence-electron chi connectivity index (χ1n) is 8.53. The maximum atomic E-state index is 14.0. The van der Waals surface area contributed by atoms with Gasteiger partial charge >= 0.3 is 0 Å². The number of fused-ring (bicyclic) bond motifs is 1. The lowest BCUT2D eigenvalue weighted by atomic mass is 10.1. The Hall–Kier alpha value is -2.67. The Bertz CT molecular complexity index is 993. The van der Waals surface area contributed by atoms with Gasteiger partial charge < -0.3 is 5.32 Å². The molecule has 0 saturated heterocycles. The van der Waals surface area contributed by atoms with Crippen LogP contribution in [0.2, 0.25) is 0 Å². The summed E-state index contributed by atoms with van der Waals surface area (Å²) in [4.78, 5) is 13.9. The Kier molecular flexibility index (Phi) is 4.70. The van der Waals surface area contributed by atoms with Crippen LogP contribution in [0.15, 0.2) is 53.6 Å². The average Bonchev–Trinajstić information content (AvgIpc) is 3.23. The number of thioether (sulfide) groups is 1. The zero-order valence-electron chi connectivity index (χ0n) is 14.6. The number of halogens is 2. The van der Waals surface area contributed by atoms with Crippen molar-refractivity contribution in [2.24, 2.45) is 0 Å². The van der Waals surface area contributed by atoms with Gasteiger partial charge in [-0.25, -0.2) is 13.5 Å². The third-order valence-electron chi connectivity index (χ3n) is 4.53. The van der Waals surface area contributed by atoms with Gasteiger partial charge in [0.2, 0.25) is 5.91 Å². The molecule has 2 heterocycles. The van der Waals surface area contributed by atoms with Gasteiger partial charge in [0.1, 0.15) is 17.5 Å². The quantitative estimate of drug-likeness (QED) is 0.733. The Balaban J connectivity index is 1.52. The number of anilines is 1. The molecule has 1 aromatic heterocycles. The highest BCUT2D eigenvalue weighted by Crippen LogP contribution is 2.37. The van der Waals surface area contributed by atoms with Crippen LogP contribution in [-0.4, -0.2) is 20.9 Å². The zero-order valence-corrected chi connectivity index (χ0v) is 15.4. The fourth-order valence-corrected chi connectivity index (χ4v) is 4.31. The van der Waals surface area contributed by atoms with Gasteiger partial charge in [-0.05, 0) is 43.2 Å². The van der Waals surface area contributed by atoms with E-state index in [1.165, 1.54) is 16.4 Å². The van der Waals surface area contributed by atoms with Crippen molar-refractivity contribution in [3.63, 3.8) is 0 Å². The van der Waals surface area contributed by atoms with Crippen molar-refractivity contribution in [1.29, 1.82) is 0 Å². The summed E-state index contributed by atoms with van der Waals surface area (Å²) in [7, 11) is 0. The highest BCUT2D eigenvalue weighted by molar-refractivity contribution is 8.01. The van der Waals surface area contributed by atoms with Crippen LogP contribution >= 0.6 is 11.8 Å². The molecular weight excluding hydrogens is 368 g/mol. The summed E-state index contributed by atoms with van der Waals surface area (Å²) in [6.45, 7) is 1.85. The molecule has 1 N–H and O–H groups in total. The van der Waals surface area contributed by atoms with Gasteiger partial charge in [0, 0.05) is 16.0 Å². The van der Waals surface area contributed by atoms with Crippen molar-refractivity contribution >= 4 is 23.5 Å². The number of nitrogens with zero attached hydrogens (tertiary/aromatic N) is 2. The second-order valence-corrected chi connectivity index (χ2v) is 7.72. The predicted molar refractivity (Wildman–Crippen MR) is 101 cm³/mol. The number of rotatable bonds is 4. The van der Waals surface area contributed by atoms with Gasteiger partial charge in [-0.2, -0.15) is 5.10 Å². The van der Waals surface area contributed by atoms with Crippen LogP contribution in [0.5, 0.6) is 0 Å². The summed E-state index contributed by atoms with van der Waals surface area (Å²) in [5.41, 5.74) is 2.10. The molecule has 0 radical (unpaired) electrons. The maximum Gasteiger partial charge on any atom is 0.239 e. The fourth-order valence-electron chi connectivity index (χ4n) is 3.11. The molecule has 0 aliphatic carbocycles. The molecule has 0 saturated carbocycles. The molecule has 7 heteroatoms. The van der Waals surface area contributed by atoms with E-state index in [1.54, 1.807) is 6.20 Å². The Labute approximate surface area is 159 Å². The molecule has 4 rings (SSSR count). The van der Waals surface area contributed by atoms with Gasteiger partial charge in [-0.15, -0.1) is 11.8 Å². The van der Waals surface area contributed by atoms with Crippen LogP contribution < -0.4 is 5.32 Å². The predicted octanol–water partition coefficient (Wildman–Crippen LogP) is 4.17. The van der Waals surface area contributed by atoms with E-state index in [4.69, 9.17) is 0 Å². The fraction of sp³-hybridized carbons (Fsp3) is 0.200. The van der Waals surface area contributed by atoms with E-state index in [0.717, 1.165) is 34.2 Å². The number of aromatic nitrogens is 2. The van der Waals surface area contributed by atoms with Gasteiger partial charge in [0.15, 0.2) is 0 Å². The van der Waals surface area contributed by atoms with E-state index < -0.39 is 11.6 Å². The first-order valence-corrected chi connectivity index (χ1v) is 9.41.